The maximum atomic E-state index is 12.0. The first kappa shape index (κ1) is 17.5. The van der Waals surface area contributed by atoms with E-state index in [1.165, 1.54) is 0 Å². The van der Waals surface area contributed by atoms with Crippen LogP contribution in [0.2, 0.25) is 0 Å². The molecule has 0 radical (unpaired) electrons. The number of hydrogen-bond donors (Lipinski definition) is 1. The van der Waals surface area contributed by atoms with Crippen molar-refractivity contribution in [1.29, 1.82) is 0 Å². The van der Waals surface area contributed by atoms with Gasteiger partial charge in [-0.05, 0) is 55.5 Å². The minimum Gasteiger partial charge on any atom is -0.494 e. The van der Waals surface area contributed by atoms with Gasteiger partial charge in [-0.1, -0.05) is 5.21 Å². The molecular formula is C19H20N4O3. The van der Waals surface area contributed by atoms with Crippen LogP contribution in [0.4, 0.5) is 5.69 Å². The van der Waals surface area contributed by atoms with Crippen molar-refractivity contribution >= 4 is 11.6 Å². The second-order valence-electron chi connectivity index (χ2n) is 5.50. The molecule has 26 heavy (non-hydrogen) atoms. The summed E-state index contributed by atoms with van der Waals surface area (Å²) in [6, 6.07) is 14.7. The van der Waals surface area contributed by atoms with Gasteiger partial charge in [-0.15, -0.1) is 5.10 Å². The number of carbonyl (C=O) groups excluding carboxylic acids is 1. The molecule has 7 heteroatoms. The Morgan fingerprint density at radius 3 is 2.31 bits per heavy atom. The van der Waals surface area contributed by atoms with E-state index in [0.717, 1.165) is 11.5 Å². The van der Waals surface area contributed by atoms with Crippen molar-refractivity contribution in [1.82, 2.24) is 15.0 Å². The molecule has 0 spiro atoms. The van der Waals surface area contributed by atoms with Crippen LogP contribution in [0.3, 0.4) is 0 Å². The van der Waals surface area contributed by atoms with Gasteiger partial charge < -0.3 is 14.8 Å². The van der Waals surface area contributed by atoms with E-state index in [-0.39, 0.29) is 5.91 Å². The summed E-state index contributed by atoms with van der Waals surface area (Å²) in [5, 5.41) is 10.4. The Morgan fingerprint density at radius 2 is 1.69 bits per heavy atom. The summed E-state index contributed by atoms with van der Waals surface area (Å²) in [4.78, 5) is 12.0. The van der Waals surface area contributed by atoms with E-state index >= 15 is 0 Å². The van der Waals surface area contributed by atoms with Gasteiger partial charge in [-0.2, -0.15) is 0 Å². The molecule has 2 aromatic carbocycles. The van der Waals surface area contributed by atoms with E-state index < -0.39 is 0 Å². The third-order valence-corrected chi connectivity index (χ3v) is 3.55. The number of aromatic nitrogens is 3. The fourth-order valence-corrected chi connectivity index (χ4v) is 2.30. The van der Waals surface area contributed by atoms with Crippen molar-refractivity contribution in [3.05, 3.63) is 60.9 Å². The van der Waals surface area contributed by atoms with Crippen molar-refractivity contribution in [2.75, 3.05) is 11.9 Å². The van der Waals surface area contributed by atoms with Gasteiger partial charge in [0.05, 0.1) is 19.3 Å². The highest BCUT2D eigenvalue weighted by Gasteiger charge is 2.04. The van der Waals surface area contributed by atoms with Crippen LogP contribution in [0.1, 0.15) is 13.3 Å². The molecule has 134 valence electrons. The molecule has 0 aliphatic carbocycles. The first-order valence-electron chi connectivity index (χ1n) is 8.37. The zero-order valence-corrected chi connectivity index (χ0v) is 14.5. The molecule has 3 aromatic rings. The van der Waals surface area contributed by atoms with E-state index in [1.54, 1.807) is 29.2 Å². The van der Waals surface area contributed by atoms with Gasteiger partial charge in [0.1, 0.15) is 17.2 Å². The quantitative estimate of drug-likeness (QED) is 0.671. The summed E-state index contributed by atoms with van der Waals surface area (Å²) in [5.41, 5.74) is 0.715. The van der Waals surface area contributed by atoms with Crippen molar-refractivity contribution < 1.29 is 14.3 Å². The molecule has 7 nitrogen and oxygen atoms in total. The summed E-state index contributed by atoms with van der Waals surface area (Å²) in [5.74, 6) is 2.14. The molecule has 0 fully saturated rings. The van der Waals surface area contributed by atoms with Crippen molar-refractivity contribution in [3.8, 4) is 17.2 Å². The molecular weight excluding hydrogens is 332 g/mol. The lowest BCUT2D eigenvalue weighted by Gasteiger charge is -2.09. The van der Waals surface area contributed by atoms with Crippen LogP contribution in [0.15, 0.2) is 60.9 Å². The fourth-order valence-electron chi connectivity index (χ4n) is 2.30. The van der Waals surface area contributed by atoms with Gasteiger partial charge >= 0.3 is 0 Å². The number of ether oxygens (including phenoxy) is 2. The molecule has 0 bridgehead atoms. The molecule has 0 saturated carbocycles. The monoisotopic (exact) mass is 352 g/mol. The highest BCUT2D eigenvalue weighted by atomic mass is 16.5. The highest BCUT2D eigenvalue weighted by molar-refractivity contribution is 5.90. The smallest absolute Gasteiger partial charge is 0.226 e. The second-order valence-corrected chi connectivity index (χ2v) is 5.50. The maximum absolute atomic E-state index is 12.0. The van der Waals surface area contributed by atoms with Gasteiger partial charge in [0.15, 0.2) is 0 Å². The van der Waals surface area contributed by atoms with Crippen LogP contribution >= 0.6 is 0 Å². The predicted octanol–water partition coefficient (Wildman–Crippen LogP) is 3.50. The van der Waals surface area contributed by atoms with E-state index in [4.69, 9.17) is 9.47 Å². The van der Waals surface area contributed by atoms with Gasteiger partial charge in [0.25, 0.3) is 0 Å². The minimum absolute atomic E-state index is 0.0827. The number of nitrogens with zero attached hydrogens (tertiary/aromatic N) is 3. The van der Waals surface area contributed by atoms with Gasteiger partial charge in [0, 0.05) is 18.3 Å². The van der Waals surface area contributed by atoms with E-state index in [2.05, 4.69) is 15.6 Å². The van der Waals surface area contributed by atoms with Crippen LogP contribution in [0, 0.1) is 0 Å². The van der Waals surface area contributed by atoms with Crippen LogP contribution in [0.5, 0.6) is 17.2 Å². The Labute approximate surface area is 151 Å². The zero-order valence-electron chi connectivity index (χ0n) is 14.5. The Bertz CT molecular complexity index is 815. The van der Waals surface area contributed by atoms with Crippen LogP contribution in [-0.2, 0) is 11.3 Å². The maximum Gasteiger partial charge on any atom is 0.226 e. The van der Waals surface area contributed by atoms with Crippen LogP contribution < -0.4 is 14.8 Å². The van der Waals surface area contributed by atoms with E-state index in [9.17, 15) is 4.79 Å². The number of benzene rings is 2. The van der Waals surface area contributed by atoms with Gasteiger partial charge in [-0.25, -0.2) is 0 Å². The number of anilines is 1. The predicted molar refractivity (Wildman–Crippen MR) is 97.4 cm³/mol. The molecule has 1 amide bonds. The Hall–Kier alpha value is -3.35. The SMILES string of the molecule is CCOc1ccc(Oc2ccc(NC(=O)CCn3ccnn3)cc2)cc1. The minimum atomic E-state index is -0.0827. The highest BCUT2D eigenvalue weighted by Crippen LogP contribution is 2.25. The van der Waals surface area contributed by atoms with E-state index in [1.807, 2.05) is 43.3 Å². The fraction of sp³-hybridized carbons (Fsp3) is 0.211. The number of rotatable bonds is 8. The molecule has 0 aliphatic rings. The topological polar surface area (TPSA) is 78.3 Å². The van der Waals surface area contributed by atoms with Gasteiger partial charge in [0.2, 0.25) is 5.91 Å². The van der Waals surface area contributed by atoms with Crippen molar-refractivity contribution in [2.45, 2.75) is 19.9 Å². The molecule has 0 atom stereocenters. The number of hydrogen-bond acceptors (Lipinski definition) is 5. The average Bonchev–Trinajstić information content (AvgIpc) is 3.17. The van der Waals surface area contributed by atoms with Crippen LogP contribution in [0.25, 0.3) is 0 Å². The Morgan fingerprint density at radius 1 is 1.04 bits per heavy atom. The molecule has 1 aromatic heterocycles. The summed E-state index contributed by atoms with van der Waals surface area (Å²) in [6.07, 6.45) is 3.63. The summed E-state index contributed by atoms with van der Waals surface area (Å²) in [7, 11) is 0. The van der Waals surface area contributed by atoms with Crippen LogP contribution in [-0.4, -0.2) is 27.5 Å². The lowest BCUT2D eigenvalue weighted by Crippen LogP contribution is -2.14. The third kappa shape index (κ3) is 5.07. The molecule has 0 saturated heterocycles. The molecule has 1 N–H and O–H groups in total. The number of amides is 1. The number of aryl methyl sites for hydroxylation is 1. The largest absolute Gasteiger partial charge is 0.494 e. The lowest BCUT2D eigenvalue weighted by molar-refractivity contribution is -0.116. The van der Waals surface area contributed by atoms with Crippen molar-refractivity contribution in [3.63, 3.8) is 0 Å². The summed E-state index contributed by atoms with van der Waals surface area (Å²) in [6.45, 7) is 3.07. The molecule has 3 rings (SSSR count). The summed E-state index contributed by atoms with van der Waals surface area (Å²) >= 11 is 0. The van der Waals surface area contributed by atoms with E-state index in [0.29, 0.717) is 31.0 Å². The lowest BCUT2D eigenvalue weighted by atomic mass is 10.2. The van der Waals surface area contributed by atoms with Gasteiger partial charge in [-0.3, -0.25) is 9.48 Å². The third-order valence-electron chi connectivity index (χ3n) is 3.55. The van der Waals surface area contributed by atoms with Crippen molar-refractivity contribution in [2.24, 2.45) is 0 Å². The zero-order chi connectivity index (χ0) is 18.2. The summed E-state index contributed by atoms with van der Waals surface area (Å²) < 4.78 is 12.8. The standard InChI is InChI=1S/C19H20N4O3/c1-2-25-16-7-9-18(10-8-16)26-17-5-3-15(4-6-17)21-19(24)11-13-23-14-12-20-22-23/h3-10,12,14H,2,11,13H2,1H3,(H,21,24). The number of carbonyl (C=O) groups is 1. The molecule has 1 heterocycles. The first-order valence-corrected chi connectivity index (χ1v) is 8.37. The molecule has 0 unspecified atom stereocenters. The Kier molecular flexibility index (Phi) is 5.82. The molecule has 0 aliphatic heterocycles. The second kappa shape index (κ2) is 8.66. The Balaban J connectivity index is 1.50. The average molecular weight is 352 g/mol. The normalized spacial score (nSPS) is 10.3. The first-order chi connectivity index (χ1) is 12.7. The number of nitrogens with one attached hydrogen (secondary N) is 1.